The molecule has 2 unspecified atom stereocenters. The highest BCUT2D eigenvalue weighted by Crippen LogP contribution is 2.18. The van der Waals surface area contributed by atoms with Gasteiger partial charge in [0.2, 0.25) is 0 Å². The third kappa shape index (κ3) is 4.43. The Morgan fingerprint density at radius 3 is 3.00 bits per heavy atom. The summed E-state index contributed by atoms with van der Waals surface area (Å²) >= 11 is 0. The molecule has 0 aromatic heterocycles. The van der Waals surface area contributed by atoms with Crippen LogP contribution < -0.4 is 5.73 Å². The van der Waals surface area contributed by atoms with Crippen LogP contribution in [0.2, 0.25) is 0 Å². The molecule has 2 atom stereocenters. The van der Waals surface area contributed by atoms with Crippen LogP contribution in [0.15, 0.2) is 24.3 Å². The van der Waals surface area contributed by atoms with Crippen LogP contribution >= 0.6 is 0 Å². The highest BCUT2D eigenvalue weighted by molar-refractivity contribution is 5.22. The van der Waals surface area contributed by atoms with Crippen molar-refractivity contribution in [1.82, 2.24) is 0 Å². The maximum Gasteiger partial charge on any atom is 0.0576 e. The first-order valence-corrected chi connectivity index (χ1v) is 7.17. The average molecular weight is 247 g/mol. The van der Waals surface area contributed by atoms with Gasteiger partial charge in [0.05, 0.1) is 6.10 Å². The second-order valence-electron chi connectivity index (χ2n) is 5.50. The topological polar surface area (TPSA) is 35.2 Å². The maximum absolute atomic E-state index is 6.18. The summed E-state index contributed by atoms with van der Waals surface area (Å²) in [4.78, 5) is 0. The Bertz CT molecular complexity index is 358. The van der Waals surface area contributed by atoms with Gasteiger partial charge in [0.15, 0.2) is 0 Å². The van der Waals surface area contributed by atoms with Crippen LogP contribution in [0.3, 0.4) is 0 Å². The molecule has 0 amide bonds. The van der Waals surface area contributed by atoms with Gasteiger partial charge in [-0.15, -0.1) is 0 Å². The first kappa shape index (κ1) is 13.6. The van der Waals surface area contributed by atoms with Gasteiger partial charge >= 0.3 is 0 Å². The lowest BCUT2D eigenvalue weighted by molar-refractivity contribution is 0.100. The normalized spacial score (nSPS) is 21.1. The van der Waals surface area contributed by atoms with Crippen LogP contribution in [0, 0.1) is 6.92 Å². The smallest absolute Gasteiger partial charge is 0.0576 e. The predicted octanol–water partition coefficient (Wildman–Crippen LogP) is 3.21. The molecule has 1 aromatic carbocycles. The molecule has 0 radical (unpaired) electrons. The number of benzene rings is 1. The van der Waals surface area contributed by atoms with Crippen molar-refractivity contribution in [2.24, 2.45) is 5.73 Å². The first-order chi connectivity index (χ1) is 8.74. The molecular formula is C16H25NO. The number of hydrogen-bond acceptors (Lipinski definition) is 2. The Hall–Kier alpha value is -0.860. The molecule has 2 nitrogen and oxygen atoms in total. The standard InChI is InChI=1S/C16H25NO/c1-13-4-2-5-14(12-13)7-8-15(17)9-10-16-6-3-11-18-16/h2,4-5,12,15-16H,3,6-11,17H2,1H3. The Morgan fingerprint density at radius 2 is 2.28 bits per heavy atom. The Kier molecular flexibility index (Phi) is 5.21. The van der Waals surface area contributed by atoms with E-state index in [0.29, 0.717) is 12.1 Å². The van der Waals surface area contributed by atoms with Crippen molar-refractivity contribution in [3.8, 4) is 0 Å². The molecule has 18 heavy (non-hydrogen) atoms. The molecule has 2 heteroatoms. The van der Waals surface area contributed by atoms with E-state index in [9.17, 15) is 0 Å². The Morgan fingerprint density at radius 1 is 1.39 bits per heavy atom. The van der Waals surface area contributed by atoms with Crippen LogP contribution in [0.4, 0.5) is 0 Å². The van der Waals surface area contributed by atoms with Gasteiger partial charge < -0.3 is 10.5 Å². The SMILES string of the molecule is Cc1cccc(CCC(N)CCC2CCCO2)c1. The molecule has 1 aliphatic heterocycles. The lowest BCUT2D eigenvalue weighted by atomic mass is 9.99. The predicted molar refractivity (Wildman–Crippen MR) is 75.7 cm³/mol. The van der Waals surface area contributed by atoms with Crippen molar-refractivity contribution in [2.45, 2.75) is 57.6 Å². The minimum Gasteiger partial charge on any atom is -0.378 e. The van der Waals surface area contributed by atoms with Crippen molar-refractivity contribution in [3.05, 3.63) is 35.4 Å². The van der Waals surface area contributed by atoms with E-state index in [4.69, 9.17) is 10.5 Å². The van der Waals surface area contributed by atoms with Gasteiger partial charge in [-0.25, -0.2) is 0 Å². The van der Waals surface area contributed by atoms with Crippen LogP contribution in [-0.2, 0) is 11.2 Å². The van der Waals surface area contributed by atoms with Crippen LogP contribution in [0.1, 0.15) is 43.2 Å². The summed E-state index contributed by atoms with van der Waals surface area (Å²) in [5.74, 6) is 0. The van der Waals surface area contributed by atoms with Gasteiger partial charge in [0.25, 0.3) is 0 Å². The molecule has 0 aliphatic carbocycles. The maximum atomic E-state index is 6.18. The van der Waals surface area contributed by atoms with Gasteiger partial charge in [0.1, 0.15) is 0 Å². The molecule has 0 saturated carbocycles. The lowest BCUT2D eigenvalue weighted by Gasteiger charge is -2.14. The van der Waals surface area contributed by atoms with Crippen LogP contribution in [0.5, 0.6) is 0 Å². The zero-order valence-corrected chi connectivity index (χ0v) is 11.4. The highest BCUT2D eigenvalue weighted by Gasteiger charge is 2.16. The van der Waals surface area contributed by atoms with E-state index in [1.54, 1.807) is 0 Å². The van der Waals surface area contributed by atoms with E-state index in [2.05, 4.69) is 31.2 Å². The fourth-order valence-electron chi connectivity index (χ4n) is 2.64. The van der Waals surface area contributed by atoms with Crippen molar-refractivity contribution in [2.75, 3.05) is 6.61 Å². The third-order valence-electron chi connectivity index (χ3n) is 3.77. The fourth-order valence-corrected chi connectivity index (χ4v) is 2.64. The molecule has 100 valence electrons. The van der Waals surface area contributed by atoms with Gasteiger partial charge in [-0.2, -0.15) is 0 Å². The molecule has 0 bridgehead atoms. The summed E-state index contributed by atoms with van der Waals surface area (Å²) < 4.78 is 5.63. The number of nitrogens with two attached hydrogens (primary N) is 1. The zero-order chi connectivity index (χ0) is 12.8. The summed E-state index contributed by atoms with van der Waals surface area (Å²) in [6, 6.07) is 9.03. The molecular weight excluding hydrogens is 222 g/mol. The second-order valence-corrected chi connectivity index (χ2v) is 5.50. The van der Waals surface area contributed by atoms with Crippen LogP contribution in [-0.4, -0.2) is 18.8 Å². The van der Waals surface area contributed by atoms with Gasteiger partial charge in [-0.3, -0.25) is 0 Å². The lowest BCUT2D eigenvalue weighted by Crippen LogP contribution is -2.22. The minimum absolute atomic E-state index is 0.315. The van der Waals surface area contributed by atoms with E-state index in [1.807, 2.05) is 0 Å². The van der Waals surface area contributed by atoms with Gasteiger partial charge in [-0.1, -0.05) is 29.8 Å². The summed E-state index contributed by atoms with van der Waals surface area (Å²) in [6.07, 6.45) is 7.33. The van der Waals surface area contributed by atoms with Crippen molar-refractivity contribution in [1.29, 1.82) is 0 Å². The van der Waals surface area contributed by atoms with Gasteiger partial charge in [0, 0.05) is 12.6 Å². The number of rotatable bonds is 6. The van der Waals surface area contributed by atoms with Gasteiger partial charge in [-0.05, 0) is 51.0 Å². The zero-order valence-electron chi connectivity index (χ0n) is 11.4. The van der Waals surface area contributed by atoms with E-state index in [0.717, 1.165) is 32.3 Å². The minimum atomic E-state index is 0.315. The Labute approximate surface area is 111 Å². The summed E-state index contributed by atoms with van der Waals surface area (Å²) in [6.45, 7) is 3.09. The average Bonchev–Trinajstić information content (AvgIpc) is 2.87. The highest BCUT2D eigenvalue weighted by atomic mass is 16.5. The largest absolute Gasteiger partial charge is 0.378 e. The summed E-state index contributed by atoms with van der Waals surface area (Å²) in [7, 11) is 0. The molecule has 2 N–H and O–H groups in total. The third-order valence-corrected chi connectivity index (χ3v) is 3.77. The molecule has 1 saturated heterocycles. The van der Waals surface area contributed by atoms with Crippen molar-refractivity contribution >= 4 is 0 Å². The second kappa shape index (κ2) is 6.91. The van der Waals surface area contributed by atoms with E-state index >= 15 is 0 Å². The number of ether oxygens (including phenoxy) is 1. The first-order valence-electron chi connectivity index (χ1n) is 7.17. The molecule has 1 heterocycles. The number of aryl methyl sites for hydroxylation is 2. The number of hydrogen-bond donors (Lipinski definition) is 1. The van der Waals surface area contributed by atoms with Crippen LogP contribution in [0.25, 0.3) is 0 Å². The molecule has 2 rings (SSSR count). The van der Waals surface area contributed by atoms with E-state index < -0.39 is 0 Å². The van der Waals surface area contributed by atoms with E-state index in [1.165, 1.54) is 24.0 Å². The monoisotopic (exact) mass is 247 g/mol. The quantitative estimate of drug-likeness (QED) is 0.837. The molecule has 1 aliphatic rings. The van der Waals surface area contributed by atoms with Crippen molar-refractivity contribution < 1.29 is 4.74 Å². The molecule has 1 aromatic rings. The fraction of sp³-hybridized carbons (Fsp3) is 0.625. The molecule has 1 fully saturated rings. The van der Waals surface area contributed by atoms with Crippen molar-refractivity contribution in [3.63, 3.8) is 0 Å². The Balaban J connectivity index is 1.66. The van der Waals surface area contributed by atoms with E-state index in [-0.39, 0.29) is 0 Å². The molecule has 0 spiro atoms. The summed E-state index contributed by atoms with van der Waals surface area (Å²) in [5.41, 5.74) is 8.92. The summed E-state index contributed by atoms with van der Waals surface area (Å²) in [5, 5.41) is 0.